The van der Waals surface area contributed by atoms with Gasteiger partial charge >= 0.3 is 6.61 Å². The Morgan fingerprint density at radius 2 is 1.81 bits per heavy atom. The summed E-state index contributed by atoms with van der Waals surface area (Å²) in [7, 11) is -3.34. The second-order valence-corrected chi connectivity index (χ2v) is 9.27. The van der Waals surface area contributed by atoms with Gasteiger partial charge in [-0.05, 0) is 49.2 Å². The first-order chi connectivity index (χ1) is 14.6. The van der Waals surface area contributed by atoms with E-state index in [9.17, 15) is 26.8 Å². The Balaban J connectivity index is 1.68. The molecule has 1 atom stereocenters. The fourth-order valence-electron chi connectivity index (χ4n) is 3.42. The van der Waals surface area contributed by atoms with E-state index in [1.54, 1.807) is 6.07 Å². The zero-order valence-corrected chi connectivity index (χ0v) is 17.6. The average molecular weight is 452 g/mol. The van der Waals surface area contributed by atoms with Crippen molar-refractivity contribution < 1.29 is 31.5 Å². The maximum absolute atomic E-state index is 12.9. The number of hydrogen-bond donors (Lipinski definition) is 1. The largest absolute Gasteiger partial charge is 0.434 e. The fraction of sp³-hybridized carbons (Fsp3) is 0.333. The first-order valence-corrected chi connectivity index (χ1v) is 11.5. The Morgan fingerprint density at radius 1 is 1.13 bits per heavy atom. The van der Waals surface area contributed by atoms with Gasteiger partial charge in [-0.1, -0.05) is 12.1 Å². The monoisotopic (exact) mass is 452 g/mol. The van der Waals surface area contributed by atoms with E-state index in [-0.39, 0.29) is 28.7 Å². The molecule has 0 aromatic heterocycles. The third-order valence-corrected chi connectivity index (χ3v) is 6.09. The van der Waals surface area contributed by atoms with E-state index in [0.717, 1.165) is 6.26 Å². The molecule has 1 heterocycles. The summed E-state index contributed by atoms with van der Waals surface area (Å²) in [5, 5.41) is 2.73. The van der Waals surface area contributed by atoms with Gasteiger partial charge in [-0.3, -0.25) is 9.59 Å². The van der Waals surface area contributed by atoms with Gasteiger partial charge in [-0.2, -0.15) is 8.78 Å². The summed E-state index contributed by atoms with van der Waals surface area (Å²) in [5.74, 6) is -1.48. The number of likely N-dealkylation sites (tertiary alicyclic amines) is 1. The lowest BCUT2D eigenvalue weighted by molar-refractivity contribution is -0.121. The molecule has 10 heteroatoms. The molecule has 0 bridgehead atoms. The SMILES string of the molecule is CS(=O)(=O)c1ccc(NC(=O)C2CCCN(C(=O)c3ccccc3OC(F)F)C2)cc1. The third-order valence-electron chi connectivity index (χ3n) is 4.96. The molecule has 166 valence electrons. The number of carbonyl (C=O) groups is 2. The highest BCUT2D eigenvalue weighted by Crippen LogP contribution is 2.26. The second-order valence-electron chi connectivity index (χ2n) is 7.25. The van der Waals surface area contributed by atoms with Gasteiger partial charge in [-0.15, -0.1) is 0 Å². The molecule has 0 aliphatic carbocycles. The van der Waals surface area contributed by atoms with E-state index in [2.05, 4.69) is 10.1 Å². The first kappa shape index (κ1) is 22.7. The Labute approximate surface area is 178 Å². The number of alkyl halides is 2. The molecular formula is C21H22F2N2O5S. The van der Waals surface area contributed by atoms with E-state index in [4.69, 9.17) is 0 Å². The maximum Gasteiger partial charge on any atom is 0.387 e. The molecule has 1 fully saturated rings. The zero-order chi connectivity index (χ0) is 22.6. The van der Waals surface area contributed by atoms with Crippen molar-refractivity contribution in [2.24, 2.45) is 5.92 Å². The lowest BCUT2D eigenvalue weighted by Crippen LogP contribution is -2.43. The Morgan fingerprint density at radius 3 is 2.45 bits per heavy atom. The number of carbonyl (C=O) groups excluding carboxylic acids is 2. The number of rotatable bonds is 6. The van der Waals surface area contributed by atoms with Crippen LogP contribution in [0.4, 0.5) is 14.5 Å². The minimum Gasteiger partial charge on any atom is -0.434 e. The molecule has 1 unspecified atom stereocenters. The van der Waals surface area contributed by atoms with Gasteiger partial charge in [-0.25, -0.2) is 8.42 Å². The molecule has 0 saturated carbocycles. The van der Waals surface area contributed by atoms with Crippen LogP contribution in [0, 0.1) is 5.92 Å². The summed E-state index contributed by atoms with van der Waals surface area (Å²) >= 11 is 0. The molecule has 1 aliphatic heterocycles. The highest BCUT2D eigenvalue weighted by atomic mass is 32.2. The van der Waals surface area contributed by atoms with Crippen LogP contribution in [0.5, 0.6) is 5.75 Å². The van der Waals surface area contributed by atoms with Crippen molar-refractivity contribution in [2.45, 2.75) is 24.3 Å². The van der Waals surface area contributed by atoms with Crippen LogP contribution in [0.15, 0.2) is 53.4 Å². The minimum absolute atomic E-state index is 0.0141. The fourth-order valence-corrected chi connectivity index (χ4v) is 4.05. The van der Waals surface area contributed by atoms with Crippen LogP contribution < -0.4 is 10.1 Å². The van der Waals surface area contributed by atoms with Crippen LogP contribution in [0.1, 0.15) is 23.2 Å². The van der Waals surface area contributed by atoms with Crippen LogP contribution in [0.2, 0.25) is 0 Å². The minimum atomic E-state index is -3.34. The summed E-state index contributed by atoms with van der Waals surface area (Å²) in [6.45, 7) is -2.52. The van der Waals surface area contributed by atoms with E-state index in [0.29, 0.717) is 25.1 Å². The Kier molecular flexibility index (Phi) is 6.89. The number of para-hydroxylation sites is 1. The summed E-state index contributed by atoms with van der Waals surface area (Å²) in [5.41, 5.74) is 0.455. The predicted octanol–water partition coefficient (Wildman–Crippen LogP) is 3.18. The summed E-state index contributed by atoms with van der Waals surface area (Å²) in [6.07, 6.45) is 2.24. The topological polar surface area (TPSA) is 92.8 Å². The Hall–Kier alpha value is -3.01. The molecule has 7 nitrogen and oxygen atoms in total. The lowest BCUT2D eigenvalue weighted by atomic mass is 9.96. The number of sulfone groups is 1. The second kappa shape index (κ2) is 9.42. The van der Waals surface area contributed by atoms with Crippen LogP contribution >= 0.6 is 0 Å². The molecule has 2 aromatic carbocycles. The number of nitrogens with one attached hydrogen (secondary N) is 1. The summed E-state index contributed by atoms with van der Waals surface area (Å²) in [6, 6.07) is 11.6. The summed E-state index contributed by atoms with van der Waals surface area (Å²) < 4.78 is 52.8. The number of amides is 2. The van der Waals surface area contributed by atoms with Crippen LogP contribution in [0.3, 0.4) is 0 Å². The van der Waals surface area contributed by atoms with Crippen molar-refractivity contribution in [1.29, 1.82) is 0 Å². The van der Waals surface area contributed by atoms with Crippen LogP contribution in [-0.4, -0.2) is 51.1 Å². The van der Waals surface area contributed by atoms with Crippen molar-refractivity contribution >= 4 is 27.3 Å². The quantitative estimate of drug-likeness (QED) is 0.727. The van der Waals surface area contributed by atoms with Crippen molar-refractivity contribution in [3.05, 3.63) is 54.1 Å². The molecule has 1 N–H and O–H groups in total. The summed E-state index contributed by atoms with van der Waals surface area (Å²) in [4.78, 5) is 27.1. The van der Waals surface area contributed by atoms with Crippen molar-refractivity contribution in [3.63, 3.8) is 0 Å². The van der Waals surface area contributed by atoms with Crippen LogP contribution in [-0.2, 0) is 14.6 Å². The Bertz CT molecular complexity index is 1060. The van der Waals surface area contributed by atoms with E-state index >= 15 is 0 Å². The molecule has 31 heavy (non-hydrogen) atoms. The van der Waals surface area contributed by atoms with Crippen molar-refractivity contribution in [1.82, 2.24) is 4.90 Å². The van der Waals surface area contributed by atoms with Crippen molar-refractivity contribution in [2.75, 3.05) is 24.7 Å². The van der Waals surface area contributed by atoms with Gasteiger partial charge in [0.25, 0.3) is 5.91 Å². The third kappa shape index (κ3) is 5.78. The lowest BCUT2D eigenvalue weighted by Gasteiger charge is -2.32. The maximum atomic E-state index is 12.9. The van der Waals surface area contributed by atoms with Gasteiger partial charge in [0.15, 0.2) is 9.84 Å². The number of hydrogen-bond acceptors (Lipinski definition) is 5. The zero-order valence-electron chi connectivity index (χ0n) is 16.8. The standard InChI is InChI=1S/C21H22F2N2O5S/c1-31(28,29)16-10-8-15(9-11-16)24-19(26)14-5-4-12-25(13-14)20(27)17-6-2-3-7-18(17)30-21(22)23/h2-3,6-11,14,21H,4-5,12-13H2,1H3,(H,24,26). The number of piperidine rings is 1. The van der Waals surface area contributed by atoms with E-state index in [1.165, 1.54) is 47.4 Å². The van der Waals surface area contributed by atoms with Gasteiger partial charge in [0.1, 0.15) is 5.75 Å². The number of nitrogens with zero attached hydrogens (tertiary/aromatic N) is 1. The molecule has 1 aliphatic rings. The van der Waals surface area contributed by atoms with Gasteiger partial charge in [0, 0.05) is 25.0 Å². The van der Waals surface area contributed by atoms with Gasteiger partial charge < -0.3 is 15.0 Å². The van der Waals surface area contributed by atoms with E-state index in [1.807, 2.05) is 0 Å². The smallest absolute Gasteiger partial charge is 0.387 e. The molecule has 0 spiro atoms. The molecule has 2 aromatic rings. The number of halogens is 2. The average Bonchev–Trinajstić information content (AvgIpc) is 2.73. The van der Waals surface area contributed by atoms with Gasteiger partial charge in [0.05, 0.1) is 16.4 Å². The van der Waals surface area contributed by atoms with Crippen LogP contribution in [0.25, 0.3) is 0 Å². The highest BCUT2D eigenvalue weighted by Gasteiger charge is 2.30. The molecular weight excluding hydrogens is 430 g/mol. The van der Waals surface area contributed by atoms with E-state index < -0.39 is 28.3 Å². The first-order valence-electron chi connectivity index (χ1n) is 9.59. The molecule has 0 radical (unpaired) electrons. The number of benzene rings is 2. The molecule has 2 amide bonds. The number of anilines is 1. The molecule has 1 saturated heterocycles. The van der Waals surface area contributed by atoms with Crippen molar-refractivity contribution in [3.8, 4) is 5.75 Å². The van der Waals surface area contributed by atoms with Gasteiger partial charge in [0.2, 0.25) is 5.91 Å². The molecule has 3 rings (SSSR count). The predicted molar refractivity (Wildman–Crippen MR) is 110 cm³/mol. The highest BCUT2D eigenvalue weighted by molar-refractivity contribution is 7.90. The normalized spacial score (nSPS) is 16.8. The number of ether oxygens (including phenoxy) is 1.